The first-order chi connectivity index (χ1) is 17.5. The molecule has 36 heavy (non-hydrogen) atoms. The molecule has 2 aromatic carbocycles. The van der Waals surface area contributed by atoms with Crippen LogP contribution in [0.25, 0.3) is 16.9 Å². The summed E-state index contributed by atoms with van der Waals surface area (Å²) in [5.74, 6) is 0.533. The summed E-state index contributed by atoms with van der Waals surface area (Å²) in [7, 11) is 0. The van der Waals surface area contributed by atoms with Crippen molar-refractivity contribution in [3.8, 4) is 11.3 Å². The Hall–Kier alpha value is -4.72. The quantitative estimate of drug-likeness (QED) is 0.384. The zero-order valence-electron chi connectivity index (χ0n) is 19.6. The number of imidazole rings is 1. The van der Waals surface area contributed by atoms with Crippen LogP contribution in [-0.4, -0.2) is 26.4 Å². The van der Waals surface area contributed by atoms with Crippen molar-refractivity contribution < 1.29 is 14.1 Å². The largest absolute Gasteiger partial charge is 0.361 e. The number of nitrogens with zero attached hydrogens (tertiary/aromatic N) is 3. The SMILES string of the molecule is Cc1cc(CNC(=O)c2ccc(Cc3ccc(-c4ccc5c(c4)CNC5=O)n4ccnc34)cc2)no1. The lowest BCUT2D eigenvalue weighted by atomic mass is 10.0. The van der Waals surface area contributed by atoms with Crippen LogP contribution in [0.15, 0.2) is 77.6 Å². The van der Waals surface area contributed by atoms with Crippen LogP contribution >= 0.6 is 0 Å². The fourth-order valence-corrected chi connectivity index (χ4v) is 4.60. The molecular weight excluding hydrogens is 454 g/mol. The van der Waals surface area contributed by atoms with E-state index in [-0.39, 0.29) is 11.8 Å². The summed E-state index contributed by atoms with van der Waals surface area (Å²) < 4.78 is 7.11. The van der Waals surface area contributed by atoms with Gasteiger partial charge in [-0.3, -0.25) is 14.0 Å². The van der Waals surface area contributed by atoms with E-state index in [4.69, 9.17) is 4.52 Å². The Morgan fingerprint density at radius 3 is 2.78 bits per heavy atom. The smallest absolute Gasteiger partial charge is 0.251 e. The highest BCUT2D eigenvalue weighted by Gasteiger charge is 2.19. The van der Waals surface area contributed by atoms with Gasteiger partial charge in [0.25, 0.3) is 11.8 Å². The van der Waals surface area contributed by atoms with Crippen molar-refractivity contribution in [2.24, 2.45) is 0 Å². The van der Waals surface area contributed by atoms with Gasteiger partial charge in [-0.2, -0.15) is 0 Å². The van der Waals surface area contributed by atoms with Crippen LogP contribution in [0.5, 0.6) is 0 Å². The minimum Gasteiger partial charge on any atom is -0.361 e. The topological polar surface area (TPSA) is 102 Å². The molecule has 2 amide bonds. The number of aryl methyl sites for hydroxylation is 1. The molecule has 0 radical (unpaired) electrons. The molecule has 178 valence electrons. The Labute approximate surface area is 207 Å². The van der Waals surface area contributed by atoms with Gasteiger partial charge >= 0.3 is 0 Å². The highest BCUT2D eigenvalue weighted by atomic mass is 16.5. The van der Waals surface area contributed by atoms with Crippen LogP contribution in [-0.2, 0) is 19.5 Å². The number of hydrogen-bond acceptors (Lipinski definition) is 5. The number of carbonyl (C=O) groups excluding carboxylic acids is 2. The molecule has 5 aromatic rings. The molecule has 0 fully saturated rings. The predicted molar refractivity (Wildman–Crippen MR) is 133 cm³/mol. The van der Waals surface area contributed by atoms with Gasteiger partial charge in [0, 0.05) is 42.6 Å². The van der Waals surface area contributed by atoms with Crippen molar-refractivity contribution in [2.75, 3.05) is 0 Å². The van der Waals surface area contributed by atoms with Gasteiger partial charge in [0.15, 0.2) is 0 Å². The summed E-state index contributed by atoms with van der Waals surface area (Å²) in [6.45, 7) is 2.69. The Morgan fingerprint density at radius 2 is 1.97 bits per heavy atom. The summed E-state index contributed by atoms with van der Waals surface area (Å²) in [6.07, 6.45) is 4.43. The maximum Gasteiger partial charge on any atom is 0.251 e. The molecule has 1 aliphatic rings. The lowest BCUT2D eigenvalue weighted by Gasteiger charge is -2.11. The minimum absolute atomic E-state index is 0.0202. The van der Waals surface area contributed by atoms with Crippen molar-refractivity contribution in [3.63, 3.8) is 0 Å². The maximum absolute atomic E-state index is 12.5. The molecule has 8 heteroatoms. The van der Waals surface area contributed by atoms with E-state index < -0.39 is 0 Å². The number of pyridine rings is 1. The summed E-state index contributed by atoms with van der Waals surface area (Å²) >= 11 is 0. The molecule has 4 heterocycles. The molecule has 0 bridgehead atoms. The molecule has 6 rings (SSSR count). The second kappa shape index (κ2) is 8.81. The maximum atomic E-state index is 12.5. The number of rotatable bonds is 6. The molecule has 8 nitrogen and oxygen atoms in total. The highest BCUT2D eigenvalue weighted by molar-refractivity contribution is 5.99. The van der Waals surface area contributed by atoms with Crippen molar-refractivity contribution in [1.29, 1.82) is 0 Å². The molecule has 3 aromatic heterocycles. The third-order valence-electron chi connectivity index (χ3n) is 6.43. The molecule has 0 aliphatic carbocycles. The van der Waals surface area contributed by atoms with E-state index in [0.29, 0.717) is 36.5 Å². The van der Waals surface area contributed by atoms with Crippen LogP contribution in [0.2, 0.25) is 0 Å². The molecule has 0 saturated heterocycles. The number of carbonyl (C=O) groups is 2. The Morgan fingerprint density at radius 1 is 1.11 bits per heavy atom. The van der Waals surface area contributed by atoms with Crippen molar-refractivity contribution in [1.82, 2.24) is 25.2 Å². The lowest BCUT2D eigenvalue weighted by molar-refractivity contribution is 0.0946. The van der Waals surface area contributed by atoms with Gasteiger partial charge in [-0.05, 0) is 59.5 Å². The fourth-order valence-electron chi connectivity index (χ4n) is 4.60. The zero-order chi connectivity index (χ0) is 24.6. The standard InChI is InChI=1S/C28H23N5O3/c1-17-12-23(32-36-17)16-31-27(34)19-4-2-18(3-5-19)13-21-7-9-25(33-11-10-29-26(21)33)20-6-8-24-22(14-20)15-30-28(24)35/h2-12,14H,13,15-16H2,1H3,(H,30,35)(H,31,34). The molecule has 0 spiro atoms. The Bertz CT molecular complexity index is 1610. The van der Waals surface area contributed by atoms with E-state index in [1.807, 2.05) is 49.5 Å². The van der Waals surface area contributed by atoms with Crippen LogP contribution in [0.3, 0.4) is 0 Å². The average molecular weight is 478 g/mol. The Kier molecular flexibility index (Phi) is 5.33. The third kappa shape index (κ3) is 4.02. The first-order valence-corrected chi connectivity index (χ1v) is 11.7. The molecular formula is C28H23N5O3. The van der Waals surface area contributed by atoms with E-state index in [1.165, 1.54) is 0 Å². The van der Waals surface area contributed by atoms with Crippen LogP contribution in [0.1, 0.15) is 48.9 Å². The normalized spacial score (nSPS) is 12.5. The number of hydrogen-bond donors (Lipinski definition) is 2. The number of benzene rings is 2. The number of nitrogens with one attached hydrogen (secondary N) is 2. The van der Waals surface area contributed by atoms with E-state index in [0.717, 1.165) is 39.2 Å². The first-order valence-electron chi connectivity index (χ1n) is 11.7. The molecule has 0 unspecified atom stereocenters. The van der Waals surface area contributed by atoms with Gasteiger partial charge in [0.2, 0.25) is 0 Å². The van der Waals surface area contributed by atoms with Gasteiger partial charge in [-0.25, -0.2) is 4.98 Å². The van der Waals surface area contributed by atoms with E-state index >= 15 is 0 Å². The summed E-state index contributed by atoms with van der Waals surface area (Å²) in [5, 5.41) is 9.62. The average Bonchev–Trinajstić information content (AvgIpc) is 3.64. The molecule has 0 saturated carbocycles. The van der Waals surface area contributed by atoms with E-state index in [9.17, 15) is 9.59 Å². The van der Waals surface area contributed by atoms with E-state index in [2.05, 4.69) is 43.4 Å². The molecule has 0 atom stereocenters. The lowest BCUT2D eigenvalue weighted by Crippen LogP contribution is -2.22. The zero-order valence-corrected chi connectivity index (χ0v) is 19.6. The van der Waals surface area contributed by atoms with Gasteiger partial charge in [0.05, 0.1) is 12.2 Å². The monoisotopic (exact) mass is 477 g/mol. The van der Waals surface area contributed by atoms with E-state index in [1.54, 1.807) is 12.3 Å². The second-order valence-electron chi connectivity index (χ2n) is 8.90. The number of aromatic nitrogens is 3. The predicted octanol–water partition coefficient (Wildman–Crippen LogP) is 4.06. The van der Waals surface area contributed by atoms with Gasteiger partial charge < -0.3 is 15.2 Å². The van der Waals surface area contributed by atoms with Gasteiger partial charge in [0.1, 0.15) is 17.1 Å². The van der Waals surface area contributed by atoms with Crippen molar-refractivity contribution >= 4 is 17.5 Å². The third-order valence-corrected chi connectivity index (χ3v) is 6.43. The van der Waals surface area contributed by atoms with Crippen LogP contribution in [0, 0.1) is 6.92 Å². The number of amides is 2. The summed E-state index contributed by atoms with van der Waals surface area (Å²) in [5.41, 5.74) is 8.13. The number of fused-ring (bicyclic) bond motifs is 2. The minimum atomic E-state index is -0.159. The van der Waals surface area contributed by atoms with Crippen LogP contribution in [0.4, 0.5) is 0 Å². The summed E-state index contributed by atoms with van der Waals surface area (Å²) in [6, 6.07) is 19.5. The van der Waals surface area contributed by atoms with Gasteiger partial charge in [-0.15, -0.1) is 0 Å². The van der Waals surface area contributed by atoms with Gasteiger partial charge in [-0.1, -0.05) is 29.4 Å². The highest BCUT2D eigenvalue weighted by Crippen LogP contribution is 2.27. The molecule has 1 aliphatic heterocycles. The second-order valence-corrected chi connectivity index (χ2v) is 8.90. The van der Waals surface area contributed by atoms with Crippen molar-refractivity contribution in [2.45, 2.75) is 26.4 Å². The molecule has 2 N–H and O–H groups in total. The van der Waals surface area contributed by atoms with Crippen LogP contribution < -0.4 is 10.6 Å². The van der Waals surface area contributed by atoms with Crippen molar-refractivity contribution in [3.05, 3.63) is 112 Å². The fraction of sp³-hybridized carbons (Fsp3) is 0.143. The summed E-state index contributed by atoms with van der Waals surface area (Å²) in [4.78, 5) is 29.0. The Balaban J connectivity index is 1.20. The first kappa shape index (κ1) is 21.8.